The van der Waals surface area contributed by atoms with E-state index in [1.807, 2.05) is 42.2 Å². The lowest BCUT2D eigenvalue weighted by molar-refractivity contribution is 0.00905. The van der Waals surface area contributed by atoms with E-state index >= 15 is 0 Å². The molecule has 1 fully saturated rings. The first kappa shape index (κ1) is 24.1. The van der Waals surface area contributed by atoms with Crippen LogP contribution < -0.4 is 9.47 Å². The maximum Gasteiger partial charge on any atom is 0.150 e. The van der Waals surface area contributed by atoms with Gasteiger partial charge in [0.25, 0.3) is 0 Å². The van der Waals surface area contributed by atoms with Gasteiger partial charge in [-0.05, 0) is 66.1 Å². The molecule has 2 N–H and O–H groups in total. The van der Waals surface area contributed by atoms with Crippen LogP contribution in [0.3, 0.4) is 0 Å². The molecule has 7 heteroatoms. The van der Waals surface area contributed by atoms with Crippen molar-refractivity contribution in [2.75, 3.05) is 33.0 Å². The second-order valence-electron chi connectivity index (χ2n) is 9.43. The highest BCUT2D eigenvalue weighted by atomic mass is 19.1. The number of benzene rings is 3. The number of allylic oxidation sites excluding steroid dienone is 1. The summed E-state index contributed by atoms with van der Waals surface area (Å²) in [6.45, 7) is 2.39. The molecular formula is C29H29F2NO4. The van der Waals surface area contributed by atoms with Gasteiger partial charge in [-0.15, -0.1) is 0 Å². The van der Waals surface area contributed by atoms with Gasteiger partial charge in [0.2, 0.25) is 0 Å². The van der Waals surface area contributed by atoms with Crippen LogP contribution in [0, 0.1) is 5.92 Å². The van der Waals surface area contributed by atoms with E-state index in [1.54, 1.807) is 36.4 Å². The third-order valence-electron chi connectivity index (χ3n) is 6.96. The fourth-order valence-corrected chi connectivity index (χ4v) is 4.90. The predicted octanol–water partition coefficient (Wildman–Crippen LogP) is 5.78. The zero-order valence-electron chi connectivity index (χ0n) is 20.0. The molecule has 0 saturated carbocycles. The fourth-order valence-electron chi connectivity index (χ4n) is 4.90. The van der Waals surface area contributed by atoms with Crippen LogP contribution in [0.25, 0.3) is 11.1 Å². The van der Waals surface area contributed by atoms with Crippen LogP contribution in [-0.4, -0.2) is 54.2 Å². The lowest BCUT2D eigenvalue weighted by Gasteiger charge is -2.42. The van der Waals surface area contributed by atoms with Crippen LogP contribution in [0.15, 0.2) is 66.7 Å². The summed E-state index contributed by atoms with van der Waals surface area (Å²) in [6, 6.07) is 19.1. The summed E-state index contributed by atoms with van der Waals surface area (Å²) in [6.07, 6.45) is -0.449. The largest absolute Gasteiger partial charge is 0.508 e. The van der Waals surface area contributed by atoms with Crippen LogP contribution >= 0.6 is 0 Å². The molecule has 1 saturated heterocycles. The number of aromatic hydroxyl groups is 2. The lowest BCUT2D eigenvalue weighted by Crippen LogP contribution is -2.55. The number of ether oxygens (including phenoxy) is 2. The zero-order valence-corrected chi connectivity index (χ0v) is 20.0. The molecule has 5 rings (SSSR count). The van der Waals surface area contributed by atoms with Gasteiger partial charge in [0, 0.05) is 30.1 Å². The topological polar surface area (TPSA) is 62.2 Å². The van der Waals surface area contributed by atoms with Gasteiger partial charge in [-0.1, -0.05) is 24.3 Å². The summed E-state index contributed by atoms with van der Waals surface area (Å²) >= 11 is 0. The normalized spacial score (nSPS) is 18.8. The van der Waals surface area contributed by atoms with E-state index in [9.17, 15) is 19.0 Å². The maximum atomic E-state index is 13.5. The second-order valence-corrected chi connectivity index (χ2v) is 9.43. The van der Waals surface area contributed by atoms with Gasteiger partial charge in [-0.25, -0.2) is 4.39 Å². The smallest absolute Gasteiger partial charge is 0.150 e. The van der Waals surface area contributed by atoms with E-state index in [-0.39, 0.29) is 36.7 Å². The Morgan fingerprint density at radius 1 is 1.00 bits per heavy atom. The number of phenolic OH excluding ortho intramolecular Hbond substituents is 2. The van der Waals surface area contributed by atoms with Crippen molar-refractivity contribution in [3.8, 4) is 23.0 Å². The summed E-state index contributed by atoms with van der Waals surface area (Å²) in [5, 5.41) is 20.1. The molecule has 5 nitrogen and oxygen atoms in total. The van der Waals surface area contributed by atoms with E-state index in [2.05, 4.69) is 0 Å². The minimum Gasteiger partial charge on any atom is -0.508 e. The van der Waals surface area contributed by atoms with Gasteiger partial charge in [0.1, 0.15) is 42.4 Å². The van der Waals surface area contributed by atoms with Crippen molar-refractivity contribution in [2.24, 2.45) is 5.92 Å². The van der Waals surface area contributed by atoms with E-state index < -0.39 is 12.8 Å². The highest BCUT2D eigenvalue weighted by Gasteiger charge is 2.33. The Balaban J connectivity index is 1.39. The summed E-state index contributed by atoms with van der Waals surface area (Å²) in [5.74, 6) is 1.57. The molecule has 2 aliphatic rings. The maximum absolute atomic E-state index is 13.5. The average Bonchev–Trinajstić information content (AvgIpc) is 2.86. The van der Waals surface area contributed by atoms with E-state index in [1.165, 1.54) is 0 Å². The van der Waals surface area contributed by atoms with Crippen LogP contribution in [-0.2, 0) is 0 Å². The van der Waals surface area contributed by atoms with Crippen molar-refractivity contribution in [3.05, 3.63) is 83.4 Å². The Morgan fingerprint density at radius 2 is 1.75 bits per heavy atom. The van der Waals surface area contributed by atoms with Crippen LogP contribution in [0.4, 0.5) is 8.78 Å². The Morgan fingerprint density at radius 3 is 2.44 bits per heavy atom. The van der Waals surface area contributed by atoms with Crippen LogP contribution in [0.2, 0.25) is 0 Å². The number of nitrogens with zero attached hydrogens (tertiary/aromatic N) is 1. The molecule has 2 aliphatic heterocycles. The fraction of sp³-hybridized carbons (Fsp3) is 0.310. The molecule has 0 bridgehead atoms. The average molecular weight is 494 g/mol. The Kier molecular flexibility index (Phi) is 6.83. The van der Waals surface area contributed by atoms with Crippen molar-refractivity contribution in [3.63, 3.8) is 0 Å². The molecule has 0 spiro atoms. The number of fused-ring (bicyclic) bond motifs is 1. The van der Waals surface area contributed by atoms with Gasteiger partial charge in [0.15, 0.2) is 0 Å². The zero-order chi connectivity index (χ0) is 25.2. The summed E-state index contributed by atoms with van der Waals surface area (Å²) in [4.78, 5) is 1.92. The van der Waals surface area contributed by atoms with Crippen LogP contribution in [0.5, 0.6) is 23.0 Å². The van der Waals surface area contributed by atoms with Gasteiger partial charge in [-0.3, -0.25) is 9.29 Å². The molecule has 0 radical (unpaired) electrons. The number of hydrogen-bond acceptors (Lipinski definition) is 5. The molecule has 3 aromatic carbocycles. The number of phenols is 2. The first-order valence-corrected chi connectivity index (χ1v) is 12.1. The van der Waals surface area contributed by atoms with Gasteiger partial charge < -0.3 is 19.7 Å². The molecule has 0 amide bonds. The SMILES string of the molecule is CC1=C(c2cccc(O)c2)C(c2ccc(OCC(CF)N3CC(CF)C3)cc2)Oc2ccc(O)cc21. The van der Waals surface area contributed by atoms with Gasteiger partial charge in [-0.2, -0.15) is 0 Å². The number of alkyl halides is 2. The quantitative estimate of drug-likeness (QED) is 0.417. The number of hydrogen-bond donors (Lipinski definition) is 2. The second kappa shape index (κ2) is 10.2. The highest BCUT2D eigenvalue weighted by molar-refractivity contribution is 5.95. The Bertz CT molecular complexity index is 1250. The Hall–Kier alpha value is -3.58. The molecule has 188 valence electrons. The molecule has 2 unspecified atom stereocenters. The predicted molar refractivity (Wildman–Crippen MR) is 135 cm³/mol. The third kappa shape index (κ3) is 4.75. The third-order valence-corrected chi connectivity index (χ3v) is 6.96. The molecule has 0 aromatic heterocycles. The minimum absolute atomic E-state index is 0.000147. The molecule has 3 aromatic rings. The highest BCUT2D eigenvalue weighted by Crippen LogP contribution is 2.47. The van der Waals surface area contributed by atoms with Crippen molar-refractivity contribution >= 4 is 11.1 Å². The monoisotopic (exact) mass is 493 g/mol. The standard InChI is InChI=1S/C29H29F2NO4/c1-18-26-12-24(34)7-10-27(26)36-29(28(18)21-3-2-4-23(33)11-21)20-5-8-25(9-6-20)35-17-22(14-31)32-15-19(13-30)16-32/h2-12,19,22,29,33-34H,13-17H2,1H3. The summed E-state index contributed by atoms with van der Waals surface area (Å²) < 4.78 is 38.5. The van der Waals surface area contributed by atoms with Crippen molar-refractivity contribution in [1.82, 2.24) is 4.90 Å². The number of halogens is 2. The first-order chi connectivity index (χ1) is 17.5. The molecule has 2 heterocycles. The van der Waals surface area contributed by atoms with Crippen LogP contribution in [0.1, 0.15) is 29.7 Å². The van der Waals surface area contributed by atoms with Crippen molar-refractivity contribution in [2.45, 2.75) is 19.1 Å². The molecule has 2 atom stereocenters. The van der Waals surface area contributed by atoms with Gasteiger partial charge >= 0.3 is 0 Å². The molecule has 36 heavy (non-hydrogen) atoms. The first-order valence-electron chi connectivity index (χ1n) is 12.1. The van der Waals surface area contributed by atoms with E-state index in [4.69, 9.17) is 9.47 Å². The molecular weight excluding hydrogens is 464 g/mol. The van der Waals surface area contributed by atoms with Gasteiger partial charge in [0.05, 0.1) is 12.7 Å². The minimum atomic E-state index is -0.542. The number of likely N-dealkylation sites (tertiary alicyclic amines) is 1. The lowest BCUT2D eigenvalue weighted by atomic mass is 9.86. The Labute approximate surface area is 209 Å². The number of rotatable bonds is 8. The van der Waals surface area contributed by atoms with E-state index in [0.717, 1.165) is 27.8 Å². The molecule has 0 aliphatic carbocycles. The van der Waals surface area contributed by atoms with E-state index in [0.29, 0.717) is 24.6 Å². The summed E-state index contributed by atoms with van der Waals surface area (Å²) in [7, 11) is 0. The summed E-state index contributed by atoms with van der Waals surface area (Å²) in [5.41, 5.74) is 4.32. The van der Waals surface area contributed by atoms with Crippen molar-refractivity contribution < 1.29 is 28.5 Å². The van der Waals surface area contributed by atoms with Crippen molar-refractivity contribution in [1.29, 1.82) is 0 Å².